The summed E-state index contributed by atoms with van der Waals surface area (Å²) in [5.41, 5.74) is -5.63. The molecule has 4 atom stereocenters. The van der Waals surface area contributed by atoms with Crippen molar-refractivity contribution in [2.45, 2.75) is 45.0 Å². The Morgan fingerprint density at radius 3 is 2.50 bits per heavy atom. The molecule has 8 heteroatoms. The normalized spacial score (nSPS) is 33.5. The second-order valence-electron chi connectivity index (χ2n) is 6.35. The maximum absolute atomic E-state index is 12.5. The quantitative estimate of drug-likeness (QED) is 0.398. The van der Waals surface area contributed by atoms with Gasteiger partial charge in [-0.25, -0.2) is 0 Å². The third-order valence-electron chi connectivity index (χ3n) is 4.96. The Kier molecular flexibility index (Phi) is 6.23. The summed E-state index contributed by atoms with van der Waals surface area (Å²) in [4.78, 5) is 0. The maximum atomic E-state index is 12.5. The molecule has 0 radical (unpaired) electrons. The molecule has 122 valence electrons. The Morgan fingerprint density at radius 1 is 1.41 bits per heavy atom. The first kappa shape index (κ1) is 20.4. The second kappa shape index (κ2) is 6.71. The zero-order chi connectivity index (χ0) is 16.1. The van der Waals surface area contributed by atoms with Crippen LogP contribution in [0.3, 0.4) is 0 Å². The molecule has 2 aliphatic rings. The predicted molar refractivity (Wildman–Crippen MR) is 72.2 cm³/mol. The van der Waals surface area contributed by atoms with Crippen LogP contribution in [-0.4, -0.2) is 13.9 Å². The van der Waals surface area contributed by atoms with E-state index in [2.05, 4.69) is 11.1 Å². The summed E-state index contributed by atoms with van der Waals surface area (Å²) in [5, 5.41) is 0. The molecule has 1 saturated carbocycles. The van der Waals surface area contributed by atoms with Gasteiger partial charge in [-0.1, -0.05) is 26.2 Å². The van der Waals surface area contributed by atoms with E-state index in [-0.39, 0.29) is 61.6 Å². The first-order valence-electron chi connectivity index (χ1n) is 7.03. The molecule has 0 spiro atoms. The summed E-state index contributed by atoms with van der Waals surface area (Å²) in [6.07, 6.45) is 4.31. The van der Waals surface area contributed by atoms with Gasteiger partial charge in [0.1, 0.15) is 5.76 Å². The van der Waals surface area contributed by atoms with Gasteiger partial charge in [0.25, 0.3) is 0 Å². The largest absolute Gasteiger partial charge is 3.00 e. The molecule has 0 saturated heterocycles. The van der Waals surface area contributed by atoms with Gasteiger partial charge in [0.2, 0.25) is 0 Å². The molecule has 4 unspecified atom stereocenters. The Morgan fingerprint density at radius 2 is 2.00 bits per heavy atom. The molecule has 0 aliphatic heterocycles. The van der Waals surface area contributed by atoms with Crippen molar-refractivity contribution >= 4 is 10.1 Å². The molecular weight excluding hydrogens is 394 g/mol. The van der Waals surface area contributed by atoms with E-state index in [0.29, 0.717) is 12.8 Å². The van der Waals surface area contributed by atoms with Crippen LogP contribution in [0.25, 0.3) is 0 Å². The number of hydrogen-bond acceptors (Lipinski definition) is 3. The van der Waals surface area contributed by atoms with E-state index in [1.807, 2.05) is 13.8 Å². The Hall–Kier alpha value is 0.384. The molecule has 0 aromatic heterocycles. The zero-order valence-corrected chi connectivity index (χ0v) is 16.3. The Labute approximate surface area is 155 Å². The maximum Gasteiger partial charge on any atom is 3.00 e. The molecule has 0 aromatic carbocycles. The van der Waals surface area contributed by atoms with E-state index in [1.54, 1.807) is 0 Å². The minimum Gasteiger partial charge on any atom is -0.381 e. The third-order valence-corrected chi connectivity index (χ3v) is 5.94. The average molecular weight is 414 g/mol. The van der Waals surface area contributed by atoms with Gasteiger partial charge < -0.3 is 11.1 Å². The van der Waals surface area contributed by atoms with Gasteiger partial charge in [-0.05, 0) is 30.8 Å². The fourth-order valence-electron chi connectivity index (χ4n) is 3.96. The van der Waals surface area contributed by atoms with Crippen molar-refractivity contribution < 1.29 is 58.5 Å². The smallest absolute Gasteiger partial charge is 0.381 e. The molecule has 2 rings (SSSR count). The van der Waals surface area contributed by atoms with Gasteiger partial charge in [0.05, 0.1) is 0 Å². The van der Waals surface area contributed by atoms with E-state index in [9.17, 15) is 21.6 Å². The monoisotopic (exact) mass is 414 g/mol. The first-order valence-corrected chi connectivity index (χ1v) is 8.44. The summed E-state index contributed by atoms with van der Waals surface area (Å²) in [5.74, 6) is 0.115. The molecular formula is C14H20F3O3SY+2. The average Bonchev–Trinajstić information content (AvgIpc) is 2.65. The molecule has 0 heterocycles. The molecule has 0 amide bonds. The number of fused-ring (bicyclic) bond motifs is 1. The van der Waals surface area contributed by atoms with Crippen LogP contribution in [0, 0.1) is 30.1 Å². The first-order chi connectivity index (χ1) is 9.49. The van der Waals surface area contributed by atoms with Crippen LogP contribution in [-0.2, 0) is 47.0 Å². The standard InChI is InChI=1S/C14H20F3O3S.Y/c1-9(2)10-6-7-11-12(5-4-8-13(10,11)3)20-21(18,19)14(15,16)17;/h5,9-11H,1,4,6-8H2,2-3H3;/q-1;+3. The molecule has 0 aromatic rings. The molecule has 3 nitrogen and oxygen atoms in total. The van der Waals surface area contributed by atoms with Crippen molar-refractivity contribution in [3.8, 4) is 0 Å². The van der Waals surface area contributed by atoms with Crippen molar-refractivity contribution in [3.63, 3.8) is 0 Å². The van der Waals surface area contributed by atoms with Gasteiger partial charge >= 0.3 is 48.3 Å². The van der Waals surface area contributed by atoms with E-state index < -0.39 is 15.6 Å². The van der Waals surface area contributed by atoms with Crippen molar-refractivity contribution in [1.29, 1.82) is 0 Å². The van der Waals surface area contributed by atoms with Gasteiger partial charge in [-0.3, -0.25) is 0 Å². The topological polar surface area (TPSA) is 43.4 Å². The van der Waals surface area contributed by atoms with Crippen LogP contribution in [0.2, 0.25) is 0 Å². The minimum absolute atomic E-state index is 0. The molecule has 1 fully saturated rings. The van der Waals surface area contributed by atoms with Crippen molar-refractivity contribution in [2.24, 2.45) is 23.2 Å². The Balaban J connectivity index is 0.00000242. The van der Waals surface area contributed by atoms with Gasteiger partial charge in [-0.2, -0.15) is 27.5 Å². The Bertz CT molecular complexity index is 542. The van der Waals surface area contributed by atoms with Crippen LogP contribution in [0.1, 0.15) is 39.5 Å². The molecule has 2 aliphatic carbocycles. The van der Waals surface area contributed by atoms with Crippen LogP contribution in [0.15, 0.2) is 11.8 Å². The van der Waals surface area contributed by atoms with E-state index in [4.69, 9.17) is 0 Å². The van der Waals surface area contributed by atoms with Crippen molar-refractivity contribution in [1.82, 2.24) is 0 Å². The van der Waals surface area contributed by atoms with E-state index >= 15 is 0 Å². The predicted octanol–water partition coefficient (Wildman–Crippen LogP) is 4.03. The van der Waals surface area contributed by atoms with Crippen LogP contribution >= 0.6 is 0 Å². The van der Waals surface area contributed by atoms with Gasteiger partial charge in [-0.15, -0.1) is 0 Å². The second-order valence-corrected chi connectivity index (χ2v) is 7.89. The number of hydrogen-bond donors (Lipinski definition) is 0. The SMILES string of the molecule is [CH2-]C(C)C1CCC2C(OS(=O)(=O)C(F)(F)F)=CCCC21C.[Y+3]. The van der Waals surface area contributed by atoms with Crippen molar-refractivity contribution in [2.75, 3.05) is 0 Å². The van der Waals surface area contributed by atoms with Crippen LogP contribution < -0.4 is 0 Å². The summed E-state index contributed by atoms with van der Waals surface area (Å²) < 4.78 is 64.3. The minimum atomic E-state index is -5.58. The van der Waals surface area contributed by atoms with Gasteiger partial charge in [0, 0.05) is 5.92 Å². The molecule has 0 bridgehead atoms. The summed E-state index contributed by atoms with van der Waals surface area (Å²) in [6.45, 7) is 8.03. The number of allylic oxidation sites excluding steroid dienone is 2. The molecule has 0 N–H and O–H groups in total. The number of halogens is 3. The van der Waals surface area contributed by atoms with Crippen molar-refractivity contribution in [3.05, 3.63) is 18.8 Å². The third kappa shape index (κ3) is 3.56. The summed E-state index contributed by atoms with van der Waals surface area (Å²) in [6, 6.07) is 0. The zero-order valence-electron chi connectivity index (χ0n) is 12.7. The fourth-order valence-corrected chi connectivity index (χ4v) is 4.49. The van der Waals surface area contributed by atoms with Crippen LogP contribution in [0.4, 0.5) is 13.2 Å². The van der Waals surface area contributed by atoms with E-state index in [1.165, 1.54) is 6.08 Å². The number of rotatable bonds is 3. The van der Waals surface area contributed by atoms with Gasteiger partial charge in [0.15, 0.2) is 0 Å². The molecule has 22 heavy (non-hydrogen) atoms. The summed E-state index contributed by atoms with van der Waals surface area (Å²) in [7, 11) is -5.58. The number of alkyl halides is 3. The summed E-state index contributed by atoms with van der Waals surface area (Å²) >= 11 is 0. The fraction of sp³-hybridized carbons (Fsp3) is 0.786. The van der Waals surface area contributed by atoms with E-state index in [0.717, 1.165) is 12.8 Å². The van der Waals surface area contributed by atoms with Crippen LogP contribution in [0.5, 0.6) is 0 Å².